The molecule has 0 aliphatic heterocycles. The molecule has 0 spiro atoms. The van der Waals surface area contributed by atoms with Crippen molar-refractivity contribution in [2.75, 3.05) is 16.4 Å². The number of hydrogen-bond acceptors (Lipinski definition) is 6. The Morgan fingerprint density at radius 3 is 2.75 bits per heavy atom. The Kier molecular flexibility index (Phi) is 4.55. The lowest BCUT2D eigenvalue weighted by Gasteiger charge is -2.11. The van der Waals surface area contributed by atoms with Gasteiger partial charge in [-0.3, -0.25) is 14.3 Å². The number of nitrogens with one attached hydrogen (secondary N) is 2. The number of nitrogens with two attached hydrogens (primary N) is 1. The van der Waals surface area contributed by atoms with Gasteiger partial charge in [0.15, 0.2) is 10.9 Å². The first kappa shape index (κ1) is 18.1. The summed E-state index contributed by atoms with van der Waals surface area (Å²) in [5.41, 5.74) is 6.16. The number of hydrogen-bond donors (Lipinski definition) is 3. The van der Waals surface area contributed by atoms with E-state index in [-0.39, 0.29) is 10.7 Å². The monoisotopic (exact) mass is 400 g/mol. The molecule has 4 N–H and O–H groups in total. The van der Waals surface area contributed by atoms with Crippen LogP contribution in [-0.4, -0.2) is 26.6 Å². The van der Waals surface area contributed by atoms with E-state index in [0.717, 1.165) is 24.2 Å². The largest absolute Gasteiger partial charge is 0.375 e. The van der Waals surface area contributed by atoms with Gasteiger partial charge in [0, 0.05) is 18.0 Å². The van der Waals surface area contributed by atoms with Crippen LogP contribution in [0, 0.1) is 12.7 Å². The molecule has 0 radical (unpaired) electrons. The van der Waals surface area contributed by atoms with Crippen molar-refractivity contribution in [2.45, 2.75) is 25.8 Å². The Balaban J connectivity index is 1.53. The van der Waals surface area contributed by atoms with Crippen LogP contribution in [0.25, 0.3) is 0 Å². The molecule has 2 aromatic heterocycles. The molecule has 28 heavy (non-hydrogen) atoms. The highest BCUT2D eigenvalue weighted by atomic mass is 32.1. The maximum atomic E-state index is 14.4. The van der Waals surface area contributed by atoms with Gasteiger partial charge in [0.2, 0.25) is 0 Å². The van der Waals surface area contributed by atoms with Gasteiger partial charge in [-0.15, -0.1) is 0 Å². The number of nitrogen functional groups attached to an aromatic ring is 1. The van der Waals surface area contributed by atoms with Crippen LogP contribution in [0.15, 0.2) is 30.6 Å². The Bertz CT molecular complexity index is 1070. The minimum absolute atomic E-state index is 0.189. The quantitative estimate of drug-likeness (QED) is 0.608. The van der Waals surface area contributed by atoms with Crippen LogP contribution in [-0.2, 0) is 0 Å². The summed E-state index contributed by atoms with van der Waals surface area (Å²) >= 11 is 1.04. The Hall–Kier alpha value is -3.27. The van der Waals surface area contributed by atoms with Gasteiger partial charge in [-0.2, -0.15) is 5.10 Å². The highest BCUT2D eigenvalue weighted by molar-refractivity contribution is 7.17. The lowest BCUT2D eigenvalue weighted by Crippen LogP contribution is -2.17. The summed E-state index contributed by atoms with van der Waals surface area (Å²) in [5, 5.41) is 9.80. The van der Waals surface area contributed by atoms with E-state index >= 15 is 0 Å². The number of carbonyl (C=O) groups excluding carboxylic acids is 2. The molecule has 0 unspecified atom stereocenters. The third-order valence-electron chi connectivity index (χ3n) is 4.33. The lowest BCUT2D eigenvalue weighted by atomic mass is 10.1. The molecule has 0 saturated heterocycles. The second kappa shape index (κ2) is 7.04. The van der Waals surface area contributed by atoms with Gasteiger partial charge in [-0.05, 0) is 37.5 Å². The molecule has 1 fully saturated rings. The molecule has 0 atom stereocenters. The minimum Gasteiger partial charge on any atom is -0.375 e. The van der Waals surface area contributed by atoms with E-state index in [4.69, 9.17) is 5.73 Å². The van der Waals surface area contributed by atoms with Gasteiger partial charge < -0.3 is 16.4 Å². The van der Waals surface area contributed by atoms with Crippen LogP contribution < -0.4 is 16.4 Å². The van der Waals surface area contributed by atoms with Crippen molar-refractivity contribution in [3.05, 3.63) is 52.4 Å². The molecule has 1 aliphatic rings. The standard InChI is InChI=1S/C18H17FN6O2S/c1-9-6-12(19)11(7-13(9)22-17(27)14-8-21-18(20)28-14)16(26)23-15-4-5-25(24-15)10-2-3-10/h4-8,10H,2-3H2,1H3,(H2,20,21)(H,22,27)(H,23,24,26). The van der Waals surface area contributed by atoms with E-state index in [2.05, 4.69) is 20.7 Å². The Labute approximate surface area is 163 Å². The fourth-order valence-electron chi connectivity index (χ4n) is 2.69. The van der Waals surface area contributed by atoms with Crippen LogP contribution >= 0.6 is 11.3 Å². The normalized spacial score (nSPS) is 13.4. The lowest BCUT2D eigenvalue weighted by molar-refractivity contribution is 0.101. The van der Waals surface area contributed by atoms with E-state index in [0.29, 0.717) is 28.0 Å². The summed E-state index contributed by atoms with van der Waals surface area (Å²) in [4.78, 5) is 29.0. The van der Waals surface area contributed by atoms with Crippen molar-refractivity contribution in [3.63, 3.8) is 0 Å². The van der Waals surface area contributed by atoms with E-state index in [1.165, 1.54) is 18.3 Å². The van der Waals surface area contributed by atoms with Crippen molar-refractivity contribution in [1.82, 2.24) is 14.8 Å². The number of benzene rings is 1. The Morgan fingerprint density at radius 2 is 2.07 bits per heavy atom. The maximum absolute atomic E-state index is 14.4. The smallest absolute Gasteiger partial charge is 0.267 e. The van der Waals surface area contributed by atoms with Crippen LogP contribution in [0.3, 0.4) is 0 Å². The number of carbonyl (C=O) groups is 2. The first-order valence-corrected chi connectivity index (χ1v) is 9.41. The summed E-state index contributed by atoms with van der Waals surface area (Å²) in [7, 11) is 0. The van der Waals surface area contributed by atoms with E-state index in [1.807, 2.05) is 0 Å². The predicted octanol–water partition coefficient (Wildman–Crippen LogP) is 3.21. The Morgan fingerprint density at radius 1 is 1.29 bits per heavy atom. The fourth-order valence-corrected chi connectivity index (χ4v) is 3.27. The van der Waals surface area contributed by atoms with E-state index in [9.17, 15) is 14.0 Å². The third-order valence-corrected chi connectivity index (χ3v) is 5.15. The summed E-state index contributed by atoms with van der Waals surface area (Å²) in [6.45, 7) is 1.64. The van der Waals surface area contributed by atoms with Gasteiger partial charge in [0.1, 0.15) is 10.7 Å². The summed E-state index contributed by atoms with van der Waals surface area (Å²) in [6, 6.07) is 4.55. The fraction of sp³-hybridized carbons (Fsp3) is 0.222. The van der Waals surface area contributed by atoms with Gasteiger partial charge in [0.05, 0.1) is 17.8 Å². The molecule has 2 amide bonds. The molecule has 1 aromatic carbocycles. The topological polar surface area (TPSA) is 115 Å². The number of nitrogens with zero attached hydrogens (tertiary/aromatic N) is 3. The second-order valence-electron chi connectivity index (χ2n) is 6.53. The molecule has 2 heterocycles. The van der Waals surface area contributed by atoms with Crippen LogP contribution in [0.2, 0.25) is 0 Å². The summed E-state index contributed by atoms with van der Waals surface area (Å²) < 4.78 is 16.2. The molecular weight excluding hydrogens is 383 g/mol. The van der Waals surface area contributed by atoms with E-state index < -0.39 is 17.6 Å². The zero-order valence-corrected chi connectivity index (χ0v) is 15.7. The van der Waals surface area contributed by atoms with Gasteiger partial charge in [-0.1, -0.05) is 11.3 Å². The molecule has 0 bridgehead atoms. The molecule has 4 rings (SSSR count). The van der Waals surface area contributed by atoms with Gasteiger partial charge in [-0.25, -0.2) is 9.37 Å². The SMILES string of the molecule is Cc1cc(F)c(C(=O)Nc2ccn(C3CC3)n2)cc1NC(=O)c1cnc(N)s1. The average Bonchev–Trinajstić information content (AvgIpc) is 3.24. The van der Waals surface area contributed by atoms with Crippen LogP contribution in [0.1, 0.15) is 44.5 Å². The molecule has 10 heteroatoms. The van der Waals surface area contributed by atoms with Crippen molar-refractivity contribution < 1.29 is 14.0 Å². The highest BCUT2D eigenvalue weighted by Crippen LogP contribution is 2.34. The van der Waals surface area contributed by atoms with Gasteiger partial charge in [0.25, 0.3) is 11.8 Å². The predicted molar refractivity (Wildman–Crippen MR) is 104 cm³/mol. The molecule has 144 valence electrons. The molecular formula is C18H17FN6O2S. The average molecular weight is 400 g/mol. The van der Waals surface area contributed by atoms with E-state index in [1.54, 1.807) is 23.9 Å². The van der Waals surface area contributed by atoms with Crippen molar-refractivity contribution in [3.8, 4) is 0 Å². The van der Waals surface area contributed by atoms with Crippen LogP contribution in [0.5, 0.6) is 0 Å². The number of amides is 2. The first-order chi connectivity index (χ1) is 13.4. The highest BCUT2D eigenvalue weighted by Gasteiger charge is 2.25. The number of aromatic nitrogens is 3. The number of halogens is 1. The zero-order valence-electron chi connectivity index (χ0n) is 14.9. The maximum Gasteiger partial charge on any atom is 0.267 e. The summed E-state index contributed by atoms with van der Waals surface area (Å²) in [6.07, 6.45) is 5.27. The number of aryl methyl sites for hydroxylation is 1. The van der Waals surface area contributed by atoms with Crippen molar-refractivity contribution >= 4 is 39.8 Å². The zero-order chi connectivity index (χ0) is 19.8. The molecule has 3 aromatic rings. The van der Waals surface area contributed by atoms with Crippen LogP contribution in [0.4, 0.5) is 21.0 Å². The number of rotatable bonds is 5. The summed E-state index contributed by atoms with van der Waals surface area (Å²) in [5.74, 6) is -1.41. The van der Waals surface area contributed by atoms with Crippen molar-refractivity contribution in [1.29, 1.82) is 0 Å². The second-order valence-corrected chi connectivity index (χ2v) is 7.59. The minimum atomic E-state index is -0.684. The third kappa shape index (κ3) is 3.72. The molecule has 8 nitrogen and oxygen atoms in total. The van der Waals surface area contributed by atoms with Crippen molar-refractivity contribution in [2.24, 2.45) is 0 Å². The van der Waals surface area contributed by atoms with Gasteiger partial charge >= 0.3 is 0 Å². The number of anilines is 3. The molecule has 1 aliphatic carbocycles. The molecule has 1 saturated carbocycles. The first-order valence-electron chi connectivity index (χ1n) is 8.60. The number of thiazole rings is 1.